The summed E-state index contributed by atoms with van der Waals surface area (Å²) in [6, 6.07) is 12.6. The molecular weight excluding hydrogens is 452 g/mol. The first-order valence-electron chi connectivity index (χ1n) is 11.5. The fourth-order valence-corrected chi connectivity index (χ4v) is 6.42. The summed E-state index contributed by atoms with van der Waals surface area (Å²) in [7, 11) is 3.13. The Balaban J connectivity index is 1.56. The molecule has 3 atom stereocenters. The summed E-state index contributed by atoms with van der Waals surface area (Å²) in [6.45, 7) is 0. The number of rotatable bonds is 4. The van der Waals surface area contributed by atoms with E-state index in [-0.39, 0.29) is 29.5 Å². The van der Waals surface area contributed by atoms with E-state index in [1.807, 2.05) is 36.4 Å². The number of aromatic nitrogens is 1. The fraction of sp³-hybridized carbons (Fsp3) is 0.346. The summed E-state index contributed by atoms with van der Waals surface area (Å²) >= 11 is 1.42. The average molecular weight is 477 g/mol. The van der Waals surface area contributed by atoms with Gasteiger partial charge in [0, 0.05) is 5.56 Å². The summed E-state index contributed by atoms with van der Waals surface area (Å²) in [4.78, 5) is 34.1. The standard InChI is InChI=1S/C26H24N2O5S/c1-31-18-12-7-9-15(23(18)32-2)21-20-22(29)14-8-3-5-11-17(14)33-24(20)25(30)28(21)26-27-16-10-4-6-13-19(16)34-26/h4,6-7,9-10,12-14,17,21H,3,5,8,11H2,1-2H3. The van der Waals surface area contributed by atoms with Crippen LogP contribution in [0.25, 0.3) is 10.2 Å². The first kappa shape index (κ1) is 21.2. The van der Waals surface area contributed by atoms with Gasteiger partial charge >= 0.3 is 0 Å². The van der Waals surface area contributed by atoms with Crippen molar-refractivity contribution in [1.29, 1.82) is 0 Å². The highest BCUT2D eigenvalue weighted by molar-refractivity contribution is 7.22. The maximum Gasteiger partial charge on any atom is 0.296 e. The summed E-state index contributed by atoms with van der Waals surface area (Å²) < 4.78 is 18.5. The Morgan fingerprint density at radius 2 is 1.85 bits per heavy atom. The van der Waals surface area contributed by atoms with E-state index in [4.69, 9.17) is 19.2 Å². The molecule has 0 spiro atoms. The molecule has 8 heteroatoms. The predicted octanol–water partition coefficient (Wildman–Crippen LogP) is 4.81. The third-order valence-corrected chi connectivity index (χ3v) is 8.02. The minimum absolute atomic E-state index is 0.00205. The van der Waals surface area contributed by atoms with E-state index in [1.54, 1.807) is 25.2 Å². The molecule has 3 aliphatic rings. The van der Waals surface area contributed by atoms with Crippen LogP contribution in [0.2, 0.25) is 0 Å². The number of ketones is 1. The normalized spacial score (nSPS) is 24.2. The number of thiazole rings is 1. The highest BCUT2D eigenvalue weighted by atomic mass is 32.1. The number of nitrogens with zero attached hydrogens (tertiary/aromatic N) is 2. The molecule has 34 heavy (non-hydrogen) atoms. The van der Waals surface area contributed by atoms with Gasteiger partial charge in [-0.25, -0.2) is 4.98 Å². The van der Waals surface area contributed by atoms with Gasteiger partial charge in [-0.05, 0) is 37.5 Å². The van der Waals surface area contributed by atoms with Gasteiger partial charge in [-0.2, -0.15) is 0 Å². The maximum absolute atomic E-state index is 13.9. The number of anilines is 1. The third kappa shape index (κ3) is 3.05. The lowest BCUT2D eigenvalue weighted by Crippen LogP contribution is -2.39. The van der Waals surface area contributed by atoms with Gasteiger partial charge in [0.05, 0.1) is 35.9 Å². The van der Waals surface area contributed by atoms with Gasteiger partial charge in [-0.15, -0.1) is 0 Å². The van der Waals surface area contributed by atoms with E-state index in [2.05, 4.69) is 0 Å². The second-order valence-electron chi connectivity index (χ2n) is 8.78. The summed E-state index contributed by atoms with van der Waals surface area (Å²) in [6.07, 6.45) is 3.31. The zero-order valence-electron chi connectivity index (χ0n) is 18.9. The number of hydrogen-bond acceptors (Lipinski definition) is 7. The number of carbonyl (C=O) groups is 2. The van der Waals surface area contributed by atoms with Gasteiger partial charge in [0.1, 0.15) is 12.1 Å². The molecule has 3 aromatic rings. The molecule has 3 unspecified atom stereocenters. The Hall–Kier alpha value is -3.39. The van der Waals surface area contributed by atoms with Crippen LogP contribution in [0.5, 0.6) is 11.5 Å². The van der Waals surface area contributed by atoms with Crippen molar-refractivity contribution in [3.63, 3.8) is 0 Å². The number of hydrogen-bond donors (Lipinski definition) is 0. The Labute approximate surface area is 200 Å². The van der Waals surface area contributed by atoms with Gasteiger partial charge in [-0.1, -0.05) is 42.0 Å². The van der Waals surface area contributed by atoms with E-state index in [0.717, 1.165) is 35.9 Å². The molecule has 1 amide bonds. The minimum atomic E-state index is -0.705. The van der Waals surface area contributed by atoms with E-state index < -0.39 is 6.04 Å². The molecule has 1 aliphatic carbocycles. The topological polar surface area (TPSA) is 78.0 Å². The van der Waals surface area contributed by atoms with Gasteiger partial charge < -0.3 is 14.2 Å². The third-order valence-electron chi connectivity index (χ3n) is 6.98. The van der Waals surface area contributed by atoms with Crippen molar-refractivity contribution in [3.8, 4) is 11.5 Å². The Morgan fingerprint density at radius 3 is 2.65 bits per heavy atom. The van der Waals surface area contributed by atoms with Gasteiger partial charge in [0.25, 0.3) is 5.91 Å². The average Bonchev–Trinajstić information content (AvgIpc) is 3.42. The number of methoxy groups -OCH3 is 2. The van der Waals surface area contributed by atoms with E-state index in [1.165, 1.54) is 11.3 Å². The van der Waals surface area contributed by atoms with Crippen LogP contribution in [-0.2, 0) is 14.3 Å². The van der Waals surface area contributed by atoms with Crippen molar-refractivity contribution in [2.24, 2.45) is 5.92 Å². The lowest BCUT2D eigenvalue weighted by Gasteiger charge is -2.35. The Morgan fingerprint density at radius 1 is 1.03 bits per heavy atom. The van der Waals surface area contributed by atoms with Gasteiger partial charge in [-0.3, -0.25) is 14.5 Å². The molecule has 6 rings (SSSR count). The number of carbonyl (C=O) groups excluding carboxylic acids is 2. The Kier molecular flexibility index (Phi) is 5.06. The van der Waals surface area contributed by atoms with Crippen LogP contribution in [0.3, 0.4) is 0 Å². The van der Waals surface area contributed by atoms with Gasteiger partial charge in [0.2, 0.25) is 0 Å². The number of Topliss-reactive ketones (excluding diaryl/α,β-unsaturated/α-hetero) is 1. The van der Waals surface area contributed by atoms with Crippen LogP contribution in [0, 0.1) is 5.92 Å². The summed E-state index contributed by atoms with van der Waals surface area (Å²) in [5.41, 5.74) is 1.88. The van der Waals surface area contributed by atoms with E-state index >= 15 is 0 Å². The monoisotopic (exact) mass is 476 g/mol. The molecule has 3 heterocycles. The molecule has 0 bridgehead atoms. The van der Waals surface area contributed by atoms with Crippen LogP contribution in [-0.4, -0.2) is 37.0 Å². The number of ether oxygens (including phenoxy) is 3. The first-order chi connectivity index (χ1) is 16.6. The molecule has 0 radical (unpaired) electrons. The summed E-state index contributed by atoms with van der Waals surface area (Å²) in [5, 5.41) is 0.523. The van der Waals surface area contributed by atoms with E-state index in [9.17, 15) is 9.59 Å². The smallest absolute Gasteiger partial charge is 0.296 e. The number of fused-ring (bicyclic) bond motifs is 2. The molecule has 1 fully saturated rings. The van der Waals surface area contributed by atoms with Crippen LogP contribution in [0.15, 0.2) is 53.8 Å². The van der Waals surface area contributed by atoms with Crippen LogP contribution in [0.4, 0.5) is 5.13 Å². The number of benzene rings is 2. The SMILES string of the molecule is COc1cccc(C2C3=C(OC4CCCCC4C3=O)C(=O)N2c2nc3ccccc3s2)c1OC. The maximum atomic E-state index is 13.9. The number of amides is 1. The molecule has 174 valence electrons. The largest absolute Gasteiger partial charge is 0.493 e. The zero-order valence-corrected chi connectivity index (χ0v) is 19.8. The lowest BCUT2D eigenvalue weighted by atomic mass is 9.77. The predicted molar refractivity (Wildman–Crippen MR) is 128 cm³/mol. The Bertz CT molecular complexity index is 1310. The van der Waals surface area contributed by atoms with Crippen molar-refractivity contribution in [2.75, 3.05) is 19.1 Å². The molecule has 7 nitrogen and oxygen atoms in total. The molecule has 2 aromatic carbocycles. The van der Waals surface area contributed by atoms with Crippen molar-refractivity contribution in [1.82, 2.24) is 4.98 Å². The molecule has 2 aliphatic heterocycles. The second-order valence-corrected chi connectivity index (χ2v) is 9.79. The van der Waals surface area contributed by atoms with Crippen molar-refractivity contribution >= 4 is 38.4 Å². The van der Waals surface area contributed by atoms with Gasteiger partial charge in [0.15, 0.2) is 28.2 Å². The van der Waals surface area contributed by atoms with Crippen LogP contribution in [0.1, 0.15) is 37.3 Å². The first-order valence-corrected chi connectivity index (χ1v) is 12.3. The van der Waals surface area contributed by atoms with Crippen molar-refractivity contribution in [2.45, 2.75) is 37.8 Å². The lowest BCUT2D eigenvalue weighted by molar-refractivity contribution is -0.131. The zero-order chi connectivity index (χ0) is 23.4. The molecule has 0 saturated heterocycles. The highest BCUT2D eigenvalue weighted by Gasteiger charge is 2.53. The highest BCUT2D eigenvalue weighted by Crippen LogP contribution is 2.52. The molecule has 0 N–H and O–H groups in total. The minimum Gasteiger partial charge on any atom is -0.493 e. The van der Waals surface area contributed by atoms with Crippen molar-refractivity contribution < 1.29 is 23.8 Å². The van der Waals surface area contributed by atoms with Crippen LogP contribution < -0.4 is 14.4 Å². The van der Waals surface area contributed by atoms with Crippen molar-refractivity contribution in [3.05, 3.63) is 59.4 Å². The van der Waals surface area contributed by atoms with E-state index in [0.29, 0.717) is 27.8 Å². The fourth-order valence-electron chi connectivity index (χ4n) is 5.43. The quantitative estimate of drug-likeness (QED) is 0.538. The summed E-state index contributed by atoms with van der Waals surface area (Å²) in [5.74, 6) is 0.614. The molecule has 1 aromatic heterocycles. The number of para-hydroxylation sites is 2. The molecule has 1 saturated carbocycles. The second kappa shape index (κ2) is 8.13. The van der Waals surface area contributed by atoms with Crippen LogP contribution >= 0.6 is 11.3 Å². The molecular formula is C26H24N2O5S.